The highest BCUT2D eigenvalue weighted by Crippen LogP contribution is 2.30. The third-order valence-electron chi connectivity index (χ3n) is 5.72. The van der Waals surface area contributed by atoms with Crippen molar-refractivity contribution in [1.29, 1.82) is 5.26 Å². The van der Waals surface area contributed by atoms with Gasteiger partial charge in [-0.2, -0.15) is 5.26 Å². The Hall–Kier alpha value is -2.86. The Labute approximate surface area is 181 Å². The first-order valence-electron chi connectivity index (χ1n) is 10.3. The molecule has 158 valence electrons. The molecule has 4 rings (SSSR count). The van der Waals surface area contributed by atoms with Gasteiger partial charge in [-0.15, -0.1) is 0 Å². The zero-order valence-corrected chi connectivity index (χ0v) is 17.6. The van der Waals surface area contributed by atoms with Gasteiger partial charge in [0.2, 0.25) is 5.91 Å². The van der Waals surface area contributed by atoms with Gasteiger partial charge >= 0.3 is 6.09 Å². The monoisotopic (exact) mass is 427 g/mol. The molecule has 1 aromatic carbocycles. The molecule has 8 nitrogen and oxygen atoms in total. The number of cyclic esters (lactones) is 1. The number of hydrogen-bond donors (Lipinski definition) is 1. The number of hydrogen-bond acceptors (Lipinski definition) is 6. The van der Waals surface area contributed by atoms with Crippen LogP contribution in [0.3, 0.4) is 0 Å². The summed E-state index contributed by atoms with van der Waals surface area (Å²) in [5.74, 6) is 0.397. The minimum absolute atomic E-state index is 0.0660. The Kier molecular flexibility index (Phi) is 6.04. The van der Waals surface area contributed by atoms with Gasteiger partial charge in [-0.05, 0) is 37.1 Å². The van der Waals surface area contributed by atoms with E-state index in [1.807, 2.05) is 30.3 Å². The fraction of sp³-hybridized carbons (Fsp3) is 0.524. The van der Waals surface area contributed by atoms with E-state index in [4.69, 9.17) is 22.2 Å². The number of piperazine rings is 1. The molecule has 0 bridgehead atoms. The Morgan fingerprint density at radius 2 is 1.83 bits per heavy atom. The molecule has 30 heavy (non-hydrogen) atoms. The zero-order chi connectivity index (χ0) is 21.1. The summed E-state index contributed by atoms with van der Waals surface area (Å²) in [6.07, 6.45) is 1.69. The number of benzene rings is 1. The first-order valence-corrected chi connectivity index (χ1v) is 10.7. The molecule has 2 saturated heterocycles. The van der Waals surface area contributed by atoms with Crippen molar-refractivity contribution in [2.24, 2.45) is 5.92 Å². The number of carbonyl (C=O) groups is 2. The van der Waals surface area contributed by atoms with E-state index >= 15 is 0 Å². The van der Waals surface area contributed by atoms with Crippen LogP contribution in [0.2, 0.25) is 0 Å². The van der Waals surface area contributed by atoms with Crippen LogP contribution >= 0.6 is 12.2 Å². The number of nitriles is 1. The molecule has 2 amide bonds. The summed E-state index contributed by atoms with van der Waals surface area (Å²) in [5.41, 5.74) is 1.85. The number of anilines is 2. The van der Waals surface area contributed by atoms with Crippen LogP contribution in [0.15, 0.2) is 24.3 Å². The van der Waals surface area contributed by atoms with Crippen LogP contribution < -0.4 is 15.1 Å². The van der Waals surface area contributed by atoms with E-state index in [1.165, 1.54) is 0 Å². The summed E-state index contributed by atoms with van der Waals surface area (Å²) >= 11 is 5.33. The van der Waals surface area contributed by atoms with E-state index in [0.29, 0.717) is 32.1 Å². The highest BCUT2D eigenvalue weighted by molar-refractivity contribution is 7.80. The van der Waals surface area contributed by atoms with Crippen LogP contribution in [-0.2, 0) is 9.53 Å². The molecule has 1 saturated carbocycles. The number of carbonyl (C=O) groups excluding carboxylic acids is 2. The topological polar surface area (TPSA) is 88.9 Å². The lowest BCUT2D eigenvalue weighted by atomic mass is 10.2. The van der Waals surface area contributed by atoms with Crippen molar-refractivity contribution < 1.29 is 14.3 Å². The number of nitrogens with one attached hydrogen (secondary N) is 1. The van der Waals surface area contributed by atoms with Crippen molar-refractivity contribution in [3.63, 3.8) is 0 Å². The maximum atomic E-state index is 12.3. The van der Waals surface area contributed by atoms with Crippen molar-refractivity contribution >= 4 is 40.6 Å². The van der Waals surface area contributed by atoms with Crippen molar-refractivity contribution in [2.75, 3.05) is 49.1 Å². The first kappa shape index (κ1) is 20.4. The molecule has 2 heterocycles. The number of ether oxygens (including phenoxy) is 1. The second kappa shape index (κ2) is 8.88. The van der Waals surface area contributed by atoms with E-state index in [-0.39, 0.29) is 24.5 Å². The summed E-state index contributed by atoms with van der Waals surface area (Å²) < 4.78 is 5.47. The second-order valence-electron chi connectivity index (χ2n) is 7.85. The molecule has 1 unspecified atom stereocenters. The average Bonchev–Trinajstić information content (AvgIpc) is 3.55. The van der Waals surface area contributed by atoms with Crippen molar-refractivity contribution in [3.05, 3.63) is 24.3 Å². The normalized spacial score (nSPS) is 21.2. The van der Waals surface area contributed by atoms with Crippen molar-refractivity contribution in [3.8, 4) is 6.07 Å². The van der Waals surface area contributed by atoms with Crippen LogP contribution in [0.1, 0.15) is 19.3 Å². The minimum atomic E-state index is -0.337. The Morgan fingerprint density at radius 3 is 2.47 bits per heavy atom. The smallest absolute Gasteiger partial charge is 0.414 e. The van der Waals surface area contributed by atoms with Crippen LogP contribution in [-0.4, -0.2) is 67.3 Å². The van der Waals surface area contributed by atoms with Gasteiger partial charge in [0.1, 0.15) is 12.5 Å². The second-order valence-corrected chi connectivity index (χ2v) is 8.29. The third-order valence-corrected chi connectivity index (χ3v) is 6.19. The van der Waals surface area contributed by atoms with Gasteiger partial charge in [-0.1, -0.05) is 12.2 Å². The lowest BCUT2D eigenvalue weighted by Gasteiger charge is -2.36. The summed E-state index contributed by atoms with van der Waals surface area (Å²) in [6.45, 7) is 3.70. The molecule has 1 aliphatic carbocycles. The summed E-state index contributed by atoms with van der Waals surface area (Å²) in [4.78, 5) is 30.6. The molecule has 9 heteroatoms. The van der Waals surface area contributed by atoms with Gasteiger partial charge < -0.3 is 19.9 Å². The van der Waals surface area contributed by atoms with Crippen LogP contribution in [0.25, 0.3) is 0 Å². The molecule has 1 N–H and O–H groups in total. The van der Waals surface area contributed by atoms with Gasteiger partial charge in [-0.3, -0.25) is 9.69 Å². The number of nitrogens with zero attached hydrogens (tertiary/aromatic N) is 4. The lowest BCUT2D eigenvalue weighted by Crippen LogP contribution is -2.48. The molecular weight excluding hydrogens is 402 g/mol. The first-order chi connectivity index (χ1) is 14.5. The lowest BCUT2D eigenvalue weighted by molar-refractivity contribution is -0.130. The van der Waals surface area contributed by atoms with Crippen LogP contribution in [0, 0.1) is 17.2 Å². The maximum Gasteiger partial charge on any atom is 0.414 e. The number of thiocarbonyl (C=S) groups is 1. The van der Waals surface area contributed by atoms with Crippen LogP contribution in [0.5, 0.6) is 0 Å². The fourth-order valence-corrected chi connectivity index (χ4v) is 4.10. The van der Waals surface area contributed by atoms with Gasteiger partial charge in [0, 0.05) is 43.5 Å². The molecule has 2 aliphatic heterocycles. The van der Waals surface area contributed by atoms with E-state index < -0.39 is 0 Å². The van der Waals surface area contributed by atoms with Crippen LogP contribution in [0.4, 0.5) is 16.2 Å². The summed E-state index contributed by atoms with van der Waals surface area (Å²) in [5, 5.41) is 11.9. The van der Waals surface area contributed by atoms with E-state index in [0.717, 1.165) is 42.3 Å². The molecular formula is C21H25N5O3S. The molecule has 3 aliphatic rings. The highest BCUT2D eigenvalue weighted by Gasteiger charge is 2.33. The molecule has 1 atom stereocenters. The van der Waals surface area contributed by atoms with E-state index in [2.05, 4.69) is 10.2 Å². The van der Waals surface area contributed by atoms with Crippen molar-refractivity contribution in [2.45, 2.75) is 25.4 Å². The number of rotatable bonds is 6. The predicted octanol–water partition coefficient (Wildman–Crippen LogP) is 1.90. The van der Waals surface area contributed by atoms with Crippen molar-refractivity contribution in [1.82, 2.24) is 10.2 Å². The SMILES string of the molecule is N#CCC(=O)N1CCN(c2ccc(N3CC(CNC(=S)C4CC4)OC3=O)cc2)CC1. The molecule has 0 radical (unpaired) electrons. The van der Waals surface area contributed by atoms with Gasteiger partial charge in [0.25, 0.3) is 0 Å². The number of amides is 2. The van der Waals surface area contributed by atoms with Gasteiger partial charge in [0.05, 0.1) is 24.1 Å². The molecule has 1 aromatic rings. The molecule has 3 fully saturated rings. The Bertz CT molecular complexity index is 856. The zero-order valence-electron chi connectivity index (χ0n) is 16.7. The van der Waals surface area contributed by atoms with E-state index in [1.54, 1.807) is 9.80 Å². The third kappa shape index (κ3) is 4.65. The molecule has 0 aromatic heterocycles. The minimum Gasteiger partial charge on any atom is -0.442 e. The quantitative estimate of drug-likeness (QED) is 0.694. The van der Waals surface area contributed by atoms with Gasteiger partial charge in [0.15, 0.2) is 0 Å². The van der Waals surface area contributed by atoms with E-state index in [9.17, 15) is 9.59 Å². The average molecular weight is 428 g/mol. The Morgan fingerprint density at radius 1 is 1.17 bits per heavy atom. The fourth-order valence-electron chi connectivity index (χ4n) is 3.78. The van der Waals surface area contributed by atoms with Gasteiger partial charge in [-0.25, -0.2) is 4.79 Å². The summed E-state index contributed by atoms with van der Waals surface area (Å²) in [6, 6.07) is 9.74. The highest BCUT2D eigenvalue weighted by atomic mass is 32.1. The Balaban J connectivity index is 1.29. The summed E-state index contributed by atoms with van der Waals surface area (Å²) in [7, 11) is 0. The maximum absolute atomic E-state index is 12.3. The standard InChI is InChI=1S/C21H25N5O3S/c22-8-7-19(27)25-11-9-24(10-12-25)16-3-5-17(6-4-16)26-14-18(29-21(26)28)13-23-20(30)15-1-2-15/h3-6,15,18H,1-2,7,9-14H2,(H,23,30). The molecule has 0 spiro atoms. The largest absolute Gasteiger partial charge is 0.442 e. The predicted molar refractivity (Wildman–Crippen MR) is 116 cm³/mol.